The normalized spacial score (nSPS) is 15.2. The van der Waals surface area contributed by atoms with Gasteiger partial charge in [0, 0.05) is 101 Å². The van der Waals surface area contributed by atoms with Crippen LogP contribution in [0.1, 0.15) is 63.7 Å². The lowest BCUT2D eigenvalue weighted by Gasteiger charge is -2.36. The molecule has 0 spiro atoms. The second-order valence-electron chi connectivity index (χ2n) is 36.6. The number of para-hydroxylation sites is 11. The minimum absolute atomic E-state index is 0.0283. The van der Waals surface area contributed by atoms with Crippen molar-refractivity contribution in [3.05, 3.63) is 614 Å². The molecule has 24 aromatic carbocycles. The van der Waals surface area contributed by atoms with Crippen molar-refractivity contribution >= 4 is 155 Å². The molecule has 6 heteroatoms. The quantitative estimate of drug-likeness (QED) is 0.0854. The fourth-order valence-corrected chi connectivity index (χ4v) is 22.9. The minimum atomic E-state index is -1.58. The van der Waals surface area contributed by atoms with Gasteiger partial charge < -0.3 is 28.7 Å². The Labute approximate surface area is 856 Å². The monoisotopic (exact) mass is 1850 g/mol. The van der Waals surface area contributed by atoms with Crippen LogP contribution >= 0.6 is 0 Å². The Bertz CT molecular complexity index is 10300. The Morgan fingerprint density at radius 2 is 0.472 bits per heavy atom. The molecule has 144 heavy (non-hydrogen) atoms. The molecule has 676 valence electrons. The van der Waals surface area contributed by atoms with Crippen LogP contribution in [0, 0.1) is 0 Å². The van der Waals surface area contributed by atoms with Gasteiger partial charge in [0.05, 0.1) is 52.1 Å². The number of anilines is 12. The fraction of sp³-hybridized carbons (Fsp3) is 0.0145. The third-order valence-electron chi connectivity index (χ3n) is 28.9. The van der Waals surface area contributed by atoms with Gasteiger partial charge in [0.25, 0.3) is 0 Å². The van der Waals surface area contributed by atoms with Gasteiger partial charge in [-0.2, -0.15) is 0 Å². The molecule has 2 heterocycles. The van der Waals surface area contributed by atoms with Gasteiger partial charge in [0.1, 0.15) is 0 Å². The molecule has 2 aliphatic carbocycles. The first-order valence-electron chi connectivity index (χ1n) is 55.5. The van der Waals surface area contributed by atoms with E-state index in [-0.39, 0.29) is 56.8 Å². The third-order valence-corrected chi connectivity index (χ3v) is 28.9. The lowest BCUT2D eigenvalue weighted by Crippen LogP contribution is -2.30. The molecule has 6 nitrogen and oxygen atoms in total. The molecular weight excluding hydrogens is 1740 g/mol. The molecule has 2 aromatic heterocycles. The Morgan fingerprint density at radius 3 is 0.896 bits per heavy atom. The van der Waals surface area contributed by atoms with E-state index in [1.165, 1.54) is 0 Å². The minimum Gasteiger partial charge on any atom is -0.310 e. The summed E-state index contributed by atoms with van der Waals surface area (Å²) < 4.78 is 139. The highest BCUT2D eigenvalue weighted by molar-refractivity contribution is 6.14. The number of rotatable bonds is 18. The lowest BCUT2D eigenvalue weighted by atomic mass is 9.66. The average molecular weight is 1850 g/mol. The summed E-state index contributed by atoms with van der Waals surface area (Å²) in [7, 11) is 0. The van der Waals surface area contributed by atoms with Gasteiger partial charge in [-0.15, -0.1) is 0 Å². The maximum atomic E-state index is 10.4. The molecule has 0 amide bonds. The van der Waals surface area contributed by atoms with Crippen LogP contribution in [0.4, 0.5) is 68.2 Å². The van der Waals surface area contributed by atoms with Gasteiger partial charge in [-0.1, -0.05) is 382 Å². The van der Waals surface area contributed by atoms with E-state index >= 15 is 0 Å². The molecule has 26 aromatic rings. The van der Waals surface area contributed by atoms with Crippen LogP contribution in [-0.4, -0.2) is 9.13 Å². The number of benzene rings is 24. The lowest BCUT2D eigenvalue weighted by molar-refractivity contribution is 0.777. The maximum absolute atomic E-state index is 10.4. The molecule has 2 atom stereocenters. The van der Waals surface area contributed by atoms with Crippen molar-refractivity contribution in [3.8, 4) is 33.6 Å². The number of hydrogen-bond acceptors (Lipinski definition) is 4. The molecule has 2 unspecified atom stereocenters. The van der Waals surface area contributed by atoms with Crippen LogP contribution in [0.3, 0.4) is 0 Å². The van der Waals surface area contributed by atoms with Gasteiger partial charge in [0.15, 0.2) is 0 Å². The van der Waals surface area contributed by atoms with Gasteiger partial charge in [-0.3, -0.25) is 0 Å². The highest BCUT2D eigenvalue weighted by Crippen LogP contribution is 2.64. The van der Waals surface area contributed by atoms with Gasteiger partial charge >= 0.3 is 0 Å². The number of fused-ring (bicyclic) bond motifs is 16. The molecule has 2 aliphatic rings. The first kappa shape index (κ1) is 70.7. The zero-order chi connectivity index (χ0) is 107. The Morgan fingerprint density at radius 1 is 0.167 bits per heavy atom. The van der Waals surface area contributed by atoms with Crippen molar-refractivity contribution < 1.29 is 19.2 Å². The first-order chi connectivity index (χ1) is 77.3. The molecule has 0 saturated carbocycles. The van der Waals surface area contributed by atoms with Crippen molar-refractivity contribution in [2.75, 3.05) is 19.6 Å². The molecule has 0 radical (unpaired) electrons. The van der Waals surface area contributed by atoms with E-state index in [9.17, 15) is 16.4 Å². The van der Waals surface area contributed by atoms with Crippen molar-refractivity contribution in [2.24, 2.45) is 0 Å². The Kier molecular flexibility index (Phi) is 17.3. The van der Waals surface area contributed by atoms with Crippen LogP contribution in [0.25, 0.3) is 120 Å². The largest absolute Gasteiger partial charge is 0.310 e. The van der Waals surface area contributed by atoms with E-state index in [2.05, 4.69) is 320 Å². The average Bonchev–Trinajstić information content (AvgIpc) is 1.51. The van der Waals surface area contributed by atoms with Crippen molar-refractivity contribution in [1.29, 1.82) is 0 Å². The van der Waals surface area contributed by atoms with Gasteiger partial charge in [-0.05, 0) is 298 Å². The first-order valence-corrected chi connectivity index (χ1v) is 48.5. The summed E-state index contributed by atoms with van der Waals surface area (Å²) in [5.41, 5.74) is 21.5. The standard InChI is InChI=1S/2C69H47N3/c1-5-25-51(26-6-1)70(52-27-7-2-8-28-52)56-41-43-64-61(46-56)62-47-57(71(53-29-9-3-10-30-53)55-40-39-48-21-13-14-23-50(48)45-55)42-44-65(62)69(64,63-36-19-24-49-22-15-16-33-58(49)63)66-37-20-35-60-59-34-17-18-38-67(59)72(68(60)66)54-31-11-4-12-32-54;1-5-24-52(25-6-1)70(53-26-7-2-8-27-53)57-39-42-65-62(46-57)63-47-58(71(54-28-9-3-10-29-54)56-38-36-48-20-13-14-22-50(48)44-56)40-43-66(63)69(65,64-34-19-23-49-21-15-16-32-59(49)64)51-37-41-61-60-33-17-18-35-67(60)72(68(61)45-51)55-30-11-4-12-31-55/h2*1-47H/i15D,16D,19D,22D,24D,33D,36D;15D,16D,19D,21D,23D,32D,34D. The SMILES string of the molecule is [2H]c1c([2H])c([2H])c2c(C3(c4ccc5c6ccccc6n(-c6ccccc6)c5c4)c4ccc(N(c5ccccc5)c5ccccc5)cc4-c4cc(N(c5ccccc5)c5ccc6ccccc6c5)ccc43)c([2H])c([2H])c([2H])c2c1[2H].[2H]c1c([2H])c([2H])c2c(C3(c4cccc5c6ccccc6n(-c6ccccc6)c45)c4ccc(N(c5ccccc5)c5ccccc5)cc4-c4cc(N(c5ccccc5)c5ccc6ccccc6c5)ccc43)c([2H])c([2H])c([2H])c2c1[2H]. The van der Waals surface area contributed by atoms with Crippen molar-refractivity contribution in [3.63, 3.8) is 0 Å². The summed E-state index contributed by atoms with van der Waals surface area (Å²) in [5.74, 6) is 0. The molecule has 0 fully saturated rings. The van der Waals surface area contributed by atoms with Gasteiger partial charge in [-0.25, -0.2) is 0 Å². The summed E-state index contributed by atoms with van der Waals surface area (Å²) >= 11 is 0. The van der Waals surface area contributed by atoms with E-state index < -0.39 is 71.3 Å². The van der Waals surface area contributed by atoms with E-state index in [0.29, 0.717) is 0 Å². The summed E-state index contributed by atoms with van der Waals surface area (Å²) in [6, 6.07) is 161. The van der Waals surface area contributed by atoms with Crippen molar-refractivity contribution in [1.82, 2.24) is 9.13 Å². The molecule has 0 aliphatic heterocycles. The van der Waals surface area contributed by atoms with Gasteiger partial charge in [0.2, 0.25) is 0 Å². The second kappa shape index (κ2) is 35.2. The highest BCUT2D eigenvalue weighted by Gasteiger charge is 2.51. The van der Waals surface area contributed by atoms with E-state index in [0.717, 1.165) is 200 Å². The summed E-state index contributed by atoms with van der Waals surface area (Å²) in [5, 5.41) is 8.25. The zero-order valence-electron chi connectivity index (χ0n) is 91.9. The topological polar surface area (TPSA) is 22.8 Å². The highest BCUT2D eigenvalue weighted by atomic mass is 15.2. The van der Waals surface area contributed by atoms with E-state index in [1.807, 2.05) is 194 Å². The predicted octanol–water partition coefficient (Wildman–Crippen LogP) is 36.8. The van der Waals surface area contributed by atoms with E-state index in [1.54, 1.807) is 0 Å². The molecular formula is C138H94N6. The van der Waals surface area contributed by atoms with Crippen LogP contribution in [0.5, 0.6) is 0 Å². The summed E-state index contributed by atoms with van der Waals surface area (Å²) in [6.45, 7) is 0. The van der Waals surface area contributed by atoms with Crippen LogP contribution in [0.2, 0.25) is 0 Å². The predicted molar refractivity (Wildman–Crippen MR) is 605 cm³/mol. The second-order valence-corrected chi connectivity index (χ2v) is 36.6. The number of nitrogens with zero attached hydrogens (tertiary/aromatic N) is 6. The molecule has 0 N–H and O–H groups in total. The Balaban J connectivity index is 0.000000153. The van der Waals surface area contributed by atoms with Crippen LogP contribution in [-0.2, 0) is 10.8 Å². The summed E-state index contributed by atoms with van der Waals surface area (Å²) in [4.78, 5) is 8.95. The summed E-state index contributed by atoms with van der Waals surface area (Å²) in [6.07, 6.45) is 0. The van der Waals surface area contributed by atoms with Crippen LogP contribution < -0.4 is 19.6 Å². The third kappa shape index (κ3) is 13.8. The number of aromatic nitrogens is 2. The molecule has 0 saturated heterocycles. The van der Waals surface area contributed by atoms with Crippen LogP contribution in [0.15, 0.2) is 570 Å². The Hall–Kier alpha value is -18.9. The fourth-order valence-electron chi connectivity index (χ4n) is 22.9. The zero-order valence-corrected chi connectivity index (χ0v) is 77.9. The molecule has 0 bridgehead atoms. The van der Waals surface area contributed by atoms with E-state index in [4.69, 9.17) is 2.74 Å². The molecule has 28 rings (SSSR count). The van der Waals surface area contributed by atoms with Crippen molar-refractivity contribution in [2.45, 2.75) is 10.8 Å². The smallest absolute Gasteiger partial charge is 0.0740 e. The maximum Gasteiger partial charge on any atom is 0.0740 e. The number of hydrogen-bond donors (Lipinski definition) is 0.